The van der Waals surface area contributed by atoms with E-state index in [2.05, 4.69) is 31.4 Å². The van der Waals surface area contributed by atoms with Gasteiger partial charge in [0.2, 0.25) is 5.91 Å². The number of fused-ring (bicyclic) bond motifs is 1. The molecule has 0 saturated carbocycles. The van der Waals surface area contributed by atoms with E-state index in [0.29, 0.717) is 46.0 Å². The largest absolute Gasteiger partial charge is 0.435 e. The van der Waals surface area contributed by atoms with Crippen LogP contribution in [0.4, 0.5) is 19.0 Å². The molecule has 0 aliphatic heterocycles. The number of anilines is 1. The number of aromatic nitrogens is 4. The number of nitrogens with zero attached hydrogens (tertiary/aromatic N) is 4. The molecule has 1 amide bonds. The molecule has 0 bridgehead atoms. The van der Waals surface area contributed by atoms with Crippen LogP contribution in [0.15, 0.2) is 28.9 Å². The second-order valence-corrected chi connectivity index (χ2v) is 9.48. The van der Waals surface area contributed by atoms with Crippen LogP contribution in [0.1, 0.15) is 41.8 Å². The molecule has 3 aromatic rings. The summed E-state index contributed by atoms with van der Waals surface area (Å²) in [6.45, 7) is 0.0530. The lowest BCUT2D eigenvalue weighted by Crippen LogP contribution is -2.22. The number of rotatable bonds is 5. The Labute approximate surface area is 206 Å². The van der Waals surface area contributed by atoms with Crippen molar-refractivity contribution >= 4 is 50.9 Å². The Morgan fingerprint density at radius 1 is 1.12 bits per heavy atom. The summed E-state index contributed by atoms with van der Waals surface area (Å²) in [4.78, 5) is 12.7. The summed E-state index contributed by atoms with van der Waals surface area (Å²) >= 11 is 15.3. The molecule has 33 heavy (non-hydrogen) atoms. The number of carbonyl (C=O) groups is 1. The zero-order valence-electron chi connectivity index (χ0n) is 17.2. The van der Waals surface area contributed by atoms with Crippen molar-refractivity contribution in [3.8, 4) is 0 Å². The van der Waals surface area contributed by atoms with Gasteiger partial charge < -0.3 is 5.32 Å². The van der Waals surface area contributed by atoms with E-state index in [4.69, 9.17) is 23.2 Å². The highest BCUT2D eigenvalue weighted by atomic mass is 79.9. The van der Waals surface area contributed by atoms with E-state index in [1.54, 1.807) is 23.0 Å². The van der Waals surface area contributed by atoms with E-state index in [-0.39, 0.29) is 17.9 Å². The van der Waals surface area contributed by atoms with Gasteiger partial charge in [0.05, 0.1) is 21.1 Å². The fourth-order valence-electron chi connectivity index (χ4n) is 3.90. The van der Waals surface area contributed by atoms with Crippen LogP contribution in [-0.4, -0.2) is 25.5 Å². The summed E-state index contributed by atoms with van der Waals surface area (Å²) in [5.41, 5.74) is 0.662. The quantitative estimate of drug-likeness (QED) is 0.379. The monoisotopic (exact) mass is 563 g/mol. The molecule has 1 N–H and O–H groups in total. The van der Waals surface area contributed by atoms with Crippen molar-refractivity contribution in [1.82, 2.24) is 19.6 Å². The van der Waals surface area contributed by atoms with Crippen LogP contribution in [-0.2, 0) is 36.9 Å². The van der Waals surface area contributed by atoms with Crippen molar-refractivity contribution in [2.24, 2.45) is 0 Å². The number of halogens is 6. The third-order valence-electron chi connectivity index (χ3n) is 5.37. The van der Waals surface area contributed by atoms with Crippen molar-refractivity contribution in [2.75, 3.05) is 5.32 Å². The van der Waals surface area contributed by atoms with E-state index in [0.717, 1.165) is 18.4 Å². The molecule has 176 valence electrons. The minimum absolute atomic E-state index is 0.208. The maximum atomic E-state index is 13.5. The molecule has 0 radical (unpaired) electrons. The molecular formula is C21H19BrCl2F3N5O. The minimum atomic E-state index is -4.55. The van der Waals surface area contributed by atoms with Crippen molar-refractivity contribution in [1.29, 1.82) is 0 Å². The van der Waals surface area contributed by atoms with Gasteiger partial charge in [-0.25, -0.2) is 0 Å². The van der Waals surface area contributed by atoms with Crippen LogP contribution >= 0.6 is 39.1 Å². The lowest BCUT2D eigenvalue weighted by molar-refractivity contribution is -0.142. The average Bonchev–Trinajstić information content (AvgIpc) is 3.13. The van der Waals surface area contributed by atoms with Gasteiger partial charge in [0.1, 0.15) is 6.54 Å². The SMILES string of the molecule is O=C(Cn1nc(C(F)(F)F)c2c1CCCCC2)Nc1nn(Cc2ccc(Cl)c(Cl)c2)cc1Br. The fourth-order valence-corrected chi connectivity index (χ4v) is 4.64. The predicted molar refractivity (Wildman–Crippen MR) is 123 cm³/mol. The molecule has 0 spiro atoms. The first-order valence-corrected chi connectivity index (χ1v) is 11.8. The Kier molecular flexibility index (Phi) is 7.07. The Balaban J connectivity index is 1.49. The summed E-state index contributed by atoms with van der Waals surface area (Å²) in [7, 11) is 0. The second kappa shape index (κ2) is 9.68. The van der Waals surface area contributed by atoms with Crippen LogP contribution in [0.2, 0.25) is 10.0 Å². The number of nitrogens with one attached hydrogen (secondary N) is 1. The highest BCUT2D eigenvalue weighted by Crippen LogP contribution is 2.35. The van der Waals surface area contributed by atoms with Gasteiger partial charge in [-0.1, -0.05) is 35.7 Å². The van der Waals surface area contributed by atoms with E-state index >= 15 is 0 Å². The molecule has 0 fully saturated rings. The van der Waals surface area contributed by atoms with Gasteiger partial charge in [-0.2, -0.15) is 23.4 Å². The summed E-state index contributed by atoms with van der Waals surface area (Å²) in [6.07, 6.45) is 0.202. The highest BCUT2D eigenvalue weighted by Gasteiger charge is 2.39. The maximum Gasteiger partial charge on any atom is 0.435 e. The molecule has 2 aromatic heterocycles. The average molecular weight is 565 g/mol. The molecule has 1 aliphatic carbocycles. The van der Waals surface area contributed by atoms with Crippen LogP contribution < -0.4 is 5.32 Å². The van der Waals surface area contributed by atoms with Crippen LogP contribution in [0.5, 0.6) is 0 Å². The van der Waals surface area contributed by atoms with Crippen molar-refractivity contribution in [3.63, 3.8) is 0 Å². The molecular weight excluding hydrogens is 546 g/mol. The minimum Gasteiger partial charge on any atom is -0.307 e. The van der Waals surface area contributed by atoms with Crippen molar-refractivity contribution in [3.05, 3.63) is 61.4 Å². The van der Waals surface area contributed by atoms with Crippen LogP contribution in [0, 0.1) is 0 Å². The molecule has 4 rings (SSSR count). The molecule has 0 saturated heterocycles. The highest BCUT2D eigenvalue weighted by molar-refractivity contribution is 9.10. The van der Waals surface area contributed by atoms with Crippen molar-refractivity contribution in [2.45, 2.75) is 51.4 Å². The van der Waals surface area contributed by atoms with Gasteiger partial charge in [0, 0.05) is 17.5 Å². The lowest BCUT2D eigenvalue weighted by atomic mass is 10.1. The smallest absolute Gasteiger partial charge is 0.307 e. The van der Waals surface area contributed by atoms with E-state index < -0.39 is 17.8 Å². The Morgan fingerprint density at radius 2 is 1.88 bits per heavy atom. The topological polar surface area (TPSA) is 64.7 Å². The lowest BCUT2D eigenvalue weighted by Gasteiger charge is -2.08. The first-order chi connectivity index (χ1) is 15.6. The zero-order chi connectivity index (χ0) is 23.8. The predicted octanol–water partition coefficient (Wildman–Crippen LogP) is 6.12. The third kappa shape index (κ3) is 5.55. The normalized spacial score (nSPS) is 14.1. The molecule has 2 heterocycles. The standard InChI is InChI=1S/C21H19BrCl2F3N5O/c22-14-10-31(9-12-6-7-15(23)16(24)8-12)30-20(14)28-18(33)11-32-17-5-3-1-2-4-13(17)19(29-32)21(25,26)27/h6-8,10H,1-5,9,11H2,(H,28,30,33). The summed E-state index contributed by atoms with van der Waals surface area (Å²) in [6, 6.07) is 5.21. The van der Waals surface area contributed by atoms with E-state index in [1.807, 2.05) is 6.07 Å². The summed E-state index contributed by atoms with van der Waals surface area (Å²) < 4.78 is 43.7. The molecule has 12 heteroatoms. The number of benzene rings is 1. The number of hydrogen-bond donors (Lipinski definition) is 1. The van der Waals surface area contributed by atoms with E-state index in [9.17, 15) is 18.0 Å². The van der Waals surface area contributed by atoms with Gasteiger partial charge in [0.15, 0.2) is 11.5 Å². The molecule has 1 aromatic carbocycles. The maximum absolute atomic E-state index is 13.5. The Bertz CT molecular complexity index is 1190. The number of hydrogen-bond acceptors (Lipinski definition) is 3. The molecule has 6 nitrogen and oxygen atoms in total. The number of amides is 1. The van der Waals surface area contributed by atoms with E-state index in [1.165, 1.54) is 4.68 Å². The van der Waals surface area contributed by atoms with Gasteiger partial charge in [-0.05, 0) is 59.3 Å². The summed E-state index contributed by atoms with van der Waals surface area (Å²) in [5.74, 6) is -0.256. The van der Waals surface area contributed by atoms with Crippen LogP contribution in [0.25, 0.3) is 0 Å². The Morgan fingerprint density at radius 3 is 2.61 bits per heavy atom. The second-order valence-electron chi connectivity index (χ2n) is 7.81. The molecule has 0 atom stereocenters. The first-order valence-electron chi connectivity index (χ1n) is 10.2. The Hall–Kier alpha value is -2.04. The van der Waals surface area contributed by atoms with Crippen molar-refractivity contribution < 1.29 is 18.0 Å². The zero-order valence-corrected chi connectivity index (χ0v) is 20.3. The number of carbonyl (C=O) groups excluding carboxylic acids is 1. The number of alkyl halides is 3. The third-order valence-corrected chi connectivity index (χ3v) is 6.69. The molecule has 1 aliphatic rings. The first kappa shape index (κ1) is 24.1. The van der Waals surface area contributed by atoms with Gasteiger partial charge >= 0.3 is 6.18 Å². The van der Waals surface area contributed by atoms with Gasteiger partial charge in [-0.3, -0.25) is 14.2 Å². The summed E-state index contributed by atoms with van der Waals surface area (Å²) in [5, 5.41) is 11.6. The van der Waals surface area contributed by atoms with Gasteiger partial charge in [-0.15, -0.1) is 0 Å². The van der Waals surface area contributed by atoms with Gasteiger partial charge in [0.25, 0.3) is 0 Å². The fraction of sp³-hybridized carbons (Fsp3) is 0.381. The van der Waals surface area contributed by atoms with Crippen LogP contribution in [0.3, 0.4) is 0 Å². The molecule has 0 unspecified atom stereocenters.